The molecule has 1 aliphatic carbocycles. The van der Waals surface area contributed by atoms with Crippen molar-refractivity contribution in [1.82, 2.24) is 10.2 Å². The first-order valence-corrected chi connectivity index (χ1v) is 12.3. The second-order valence-electron chi connectivity index (χ2n) is 9.93. The van der Waals surface area contributed by atoms with Gasteiger partial charge >= 0.3 is 6.18 Å². The zero-order chi connectivity index (χ0) is 23.4. The Morgan fingerprint density at radius 1 is 1.09 bits per heavy atom. The molecular weight excluding hydrogens is 431 g/mol. The SMILES string of the molecule is COCCC(=O)NC1CCC(CCN2CC3CCN(c4ccc(C(F)(F)F)cc4)C3C2)CC1. The van der Waals surface area contributed by atoms with Crippen LogP contribution in [0.2, 0.25) is 0 Å². The largest absolute Gasteiger partial charge is 0.416 e. The molecule has 184 valence electrons. The Hall–Kier alpha value is -1.80. The average molecular weight is 468 g/mol. The van der Waals surface area contributed by atoms with Crippen molar-refractivity contribution in [3.63, 3.8) is 0 Å². The third kappa shape index (κ3) is 6.21. The Bertz CT molecular complexity index is 778. The molecule has 8 heteroatoms. The number of carbonyl (C=O) groups is 1. The summed E-state index contributed by atoms with van der Waals surface area (Å²) < 4.78 is 43.6. The van der Waals surface area contributed by atoms with E-state index in [4.69, 9.17) is 4.74 Å². The highest BCUT2D eigenvalue weighted by molar-refractivity contribution is 5.76. The van der Waals surface area contributed by atoms with Crippen LogP contribution in [0.15, 0.2) is 24.3 Å². The van der Waals surface area contributed by atoms with E-state index in [9.17, 15) is 18.0 Å². The summed E-state index contributed by atoms with van der Waals surface area (Å²) in [6, 6.07) is 6.35. The number of nitrogens with one attached hydrogen (secondary N) is 1. The topological polar surface area (TPSA) is 44.8 Å². The van der Waals surface area contributed by atoms with Gasteiger partial charge in [-0.2, -0.15) is 13.2 Å². The van der Waals surface area contributed by atoms with Gasteiger partial charge in [-0.05, 0) is 81.2 Å². The molecule has 0 spiro atoms. The average Bonchev–Trinajstić information content (AvgIpc) is 3.37. The maximum Gasteiger partial charge on any atom is 0.416 e. The lowest BCUT2D eigenvalue weighted by atomic mass is 9.84. The van der Waals surface area contributed by atoms with Crippen LogP contribution in [-0.2, 0) is 15.7 Å². The Balaban J connectivity index is 1.20. The van der Waals surface area contributed by atoms with E-state index < -0.39 is 11.7 Å². The molecule has 2 atom stereocenters. The first kappa shape index (κ1) is 24.3. The van der Waals surface area contributed by atoms with E-state index in [0.29, 0.717) is 36.9 Å². The van der Waals surface area contributed by atoms with Crippen LogP contribution in [0, 0.1) is 11.8 Å². The monoisotopic (exact) mass is 467 g/mol. The highest BCUT2D eigenvalue weighted by Crippen LogP contribution is 2.37. The molecular formula is C25H36F3N3O2. The normalized spacial score (nSPS) is 28.2. The van der Waals surface area contributed by atoms with Crippen molar-refractivity contribution in [2.75, 3.05) is 44.8 Å². The first-order chi connectivity index (χ1) is 15.8. The van der Waals surface area contributed by atoms with Gasteiger partial charge in [-0.25, -0.2) is 0 Å². The molecule has 1 N–H and O–H groups in total. The third-order valence-corrected chi connectivity index (χ3v) is 7.75. The summed E-state index contributed by atoms with van der Waals surface area (Å²) in [7, 11) is 1.61. The lowest BCUT2D eigenvalue weighted by molar-refractivity contribution is -0.137. The molecule has 1 aromatic rings. The number of fused-ring (bicyclic) bond motifs is 1. The van der Waals surface area contributed by atoms with Gasteiger partial charge in [-0.15, -0.1) is 0 Å². The number of likely N-dealkylation sites (tertiary alicyclic amines) is 1. The molecule has 0 bridgehead atoms. The number of benzene rings is 1. The molecule has 0 radical (unpaired) electrons. The molecule has 1 aromatic carbocycles. The predicted molar refractivity (Wildman–Crippen MR) is 122 cm³/mol. The molecule has 33 heavy (non-hydrogen) atoms. The smallest absolute Gasteiger partial charge is 0.384 e. The summed E-state index contributed by atoms with van der Waals surface area (Å²) in [6.45, 7) is 4.57. The number of hydrogen-bond acceptors (Lipinski definition) is 4. The van der Waals surface area contributed by atoms with Crippen molar-refractivity contribution in [3.8, 4) is 0 Å². The van der Waals surface area contributed by atoms with Crippen LogP contribution in [0.1, 0.15) is 50.5 Å². The van der Waals surface area contributed by atoms with Crippen molar-refractivity contribution in [1.29, 1.82) is 0 Å². The standard InChI is InChI=1S/C25H36F3N3O2/c1-33-15-12-24(32)29-21-6-2-18(3-7-21)10-13-30-16-19-11-14-31(23(19)17-30)22-8-4-20(5-9-22)25(26,27)28/h4-5,8-9,18-19,21,23H,2-3,6-7,10-17H2,1H3,(H,29,32). The van der Waals surface area contributed by atoms with Crippen LogP contribution in [0.5, 0.6) is 0 Å². The summed E-state index contributed by atoms with van der Waals surface area (Å²) in [5, 5.41) is 3.13. The van der Waals surface area contributed by atoms with Gasteiger partial charge in [0.15, 0.2) is 0 Å². The molecule has 3 aliphatic rings. The number of hydrogen-bond donors (Lipinski definition) is 1. The number of ether oxygens (including phenoxy) is 1. The van der Waals surface area contributed by atoms with Crippen LogP contribution in [0.25, 0.3) is 0 Å². The molecule has 1 saturated carbocycles. The summed E-state index contributed by atoms with van der Waals surface area (Å²) in [6.07, 6.45) is 2.86. The molecule has 0 aromatic heterocycles. The summed E-state index contributed by atoms with van der Waals surface area (Å²) >= 11 is 0. The van der Waals surface area contributed by atoms with Gasteiger partial charge in [0.25, 0.3) is 0 Å². The number of halogens is 3. The van der Waals surface area contributed by atoms with E-state index in [0.717, 1.165) is 64.0 Å². The molecule has 2 saturated heterocycles. The van der Waals surface area contributed by atoms with E-state index >= 15 is 0 Å². The van der Waals surface area contributed by atoms with Crippen molar-refractivity contribution in [2.45, 2.75) is 63.2 Å². The minimum Gasteiger partial charge on any atom is -0.384 e. The number of rotatable bonds is 8. The van der Waals surface area contributed by atoms with E-state index in [2.05, 4.69) is 15.1 Å². The zero-order valence-electron chi connectivity index (χ0n) is 19.4. The minimum absolute atomic E-state index is 0.0847. The van der Waals surface area contributed by atoms with Crippen LogP contribution in [0.3, 0.4) is 0 Å². The van der Waals surface area contributed by atoms with Gasteiger partial charge < -0.3 is 19.9 Å². The van der Waals surface area contributed by atoms with Crippen LogP contribution in [-0.4, -0.2) is 62.8 Å². The molecule has 1 amide bonds. The summed E-state index contributed by atoms with van der Waals surface area (Å²) in [4.78, 5) is 16.7. The Kier molecular flexibility index (Phi) is 7.84. The van der Waals surface area contributed by atoms with Gasteiger partial charge in [0.2, 0.25) is 5.91 Å². The van der Waals surface area contributed by atoms with Crippen LogP contribution < -0.4 is 10.2 Å². The number of alkyl halides is 3. The van der Waals surface area contributed by atoms with E-state index in [1.165, 1.54) is 18.6 Å². The molecule has 2 unspecified atom stereocenters. The van der Waals surface area contributed by atoms with Crippen molar-refractivity contribution >= 4 is 11.6 Å². The third-order valence-electron chi connectivity index (χ3n) is 7.75. The first-order valence-electron chi connectivity index (χ1n) is 12.3. The fraction of sp³-hybridized carbons (Fsp3) is 0.720. The second kappa shape index (κ2) is 10.6. The second-order valence-corrected chi connectivity index (χ2v) is 9.93. The van der Waals surface area contributed by atoms with Crippen molar-refractivity contribution in [2.24, 2.45) is 11.8 Å². The van der Waals surface area contributed by atoms with Gasteiger partial charge in [0.1, 0.15) is 0 Å². The van der Waals surface area contributed by atoms with E-state index in [1.54, 1.807) is 19.2 Å². The Morgan fingerprint density at radius 3 is 2.48 bits per heavy atom. The van der Waals surface area contributed by atoms with Crippen LogP contribution in [0.4, 0.5) is 18.9 Å². The Labute approximate surface area is 194 Å². The fourth-order valence-corrected chi connectivity index (χ4v) is 5.85. The summed E-state index contributed by atoms with van der Waals surface area (Å²) in [5.74, 6) is 1.40. The number of carbonyl (C=O) groups excluding carboxylic acids is 1. The molecule has 3 fully saturated rings. The lowest BCUT2D eigenvalue weighted by Crippen LogP contribution is -2.38. The van der Waals surface area contributed by atoms with Gasteiger partial charge in [-0.3, -0.25) is 4.79 Å². The lowest BCUT2D eigenvalue weighted by Gasteiger charge is -2.31. The summed E-state index contributed by atoms with van der Waals surface area (Å²) in [5.41, 5.74) is 0.322. The maximum absolute atomic E-state index is 12.9. The minimum atomic E-state index is -4.29. The predicted octanol–water partition coefficient (Wildman–Crippen LogP) is 4.32. The number of nitrogens with zero attached hydrogens (tertiary/aromatic N) is 2. The highest BCUT2D eigenvalue weighted by Gasteiger charge is 2.41. The number of anilines is 1. The van der Waals surface area contributed by atoms with Crippen molar-refractivity contribution in [3.05, 3.63) is 29.8 Å². The molecule has 4 rings (SSSR count). The van der Waals surface area contributed by atoms with Crippen LogP contribution >= 0.6 is 0 Å². The maximum atomic E-state index is 12.9. The Morgan fingerprint density at radius 2 is 1.82 bits per heavy atom. The fourth-order valence-electron chi connectivity index (χ4n) is 5.85. The highest BCUT2D eigenvalue weighted by atomic mass is 19.4. The van der Waals surface area contributed by atoms with E-state index in [1.807, 2.05) is 0 Å². The van der Waals surface area contributed by atoms with E-state index in [-0.39, 0.29) is 5.91 Å². The number of methoxy groups -OCH3 is 1. The number of amides is 1. The van der Waals surface area contributed by atoms with Gasteiger partial charge in [-0.1, -0.05) is 0 Å². The molecule has 2 heterocycles. The molecule has 5 nitrogen and oxygen atoms in total. The molecule has 2 aliphatic heterocycles. The van der Waals surface area contributed by atoms with Gasteiger partial charge in [0.05, 0.1) is 12.2 Å². The van der Waals surface area contributed by atoms with Crippen molar-refractivity contribution < 1.29 is 22.7 Å². The quantitative estimate of drug-likeness (QED) is 0.619. The zero-order valence-corrected chi connectivity index (χ0v) is 19.4. The van der Waals surface area contributed by atoms with Gasteiger partial charge in [0, 0.05) is 50.9 Å².